The van der Waals surface area contributed by atoms with Crippen molar-refractivity contribution in [2.45, 2.75) is 12.2 Å². The van der Waals surface area contributed by atoms with Crippen LogP contribution >= 0.6 is 11.6 Å². The van der Waals surface area contributed by atoms with Gasteiger partial charge in [-0.1, -0.05) is 35.9 Å². The Balaban J connectivity index is 1.82. The van der Waals surface area contributed by atoms with Crippen molar-refractivity contribution in [2.75, 3.05) is 5.32 Å². The first kappa shape index (κ1) is 13.1. The highest BCUT2D eigenvalue weighted by Crippen LogP contribution is 2.40. The predicted octanol–water partition coefficient (Wildman–Crippen LogP) is 1.93. The zero-order chi connectivity index (χ0) is 14.3. The number of amides is 1. The third-order valence-electron chi connectivity index (χ3n) is 3.62. The highest BCUT2D eigenvalue weighted by molar-refractivity contribution is 6.33. The van der Waals surface area contributed by atoms with Crippen LogP contribution in [-0.4, -0.2) is 29.2 Å². The maximum absolute atomic E-state index is 12.3. The van der Waals surface area contributed by atoms with Crippen LogP contribution in [0.15, 0.2) is 36.4 Å². The summed E-state index contributed by atoms with van der Waals surface area (Å²) in [6.45, 7) is 0. The minimum Gasteiger partial charge on any atom is -0.481 e. The summed E-state index contributed by atoms with van der Waals surface area (Å²) in [5.74, 6) is -3.00. The number of carbonyl (C=O) groups excluding carboxylic acids is 1. The van der Waals surface area contributed by atoms with Gasteiger partial charge in [0.15, 0.2) is 0 Å². The predicted molar refractivity (Wildman–Crippen MR) is 72.5 cm³/mol. The van der Waals surface area contributed by atoms with E-state index in [-0.39, 0.29) is 5.91 Å². The molecule has 0 radical (unpaired) electrons. The Kier molecular flexibility index (Phi) is 3.23. The Morgan fingerprint density at radius 2 is 1.80 bits per heavy atom. The number of carboxylic acids is 1. The number of carbonyl (C=O) groups is 2. The van der Waals surface area contributed by atoms with Gasteiger partial charge in [-0.3, -0.25) is 9.59 Å². The molecule has 1 amide bonds. The molecule has 2 aliphatic rings. The van der Waals surface area contributed by atoms with Gasteiger partial charge in [0, 0.05) is 0 Å². The molecular weight excluding hydrogens is 282 g/mol. The Labute approximate surface area is 120 Å². The number of hydrogen-bond donors (Lipinski definition) is 2. The lowest BCUT2D eigenvalue weighted by Gasteiger charge is -2.21. The van der Waals surface area contributed by atoms with E-state index < -0.39 is 30.0 Å². The van der Waals surface area contributed by atoms with Crippen LogP contribution in [0.1, 0.15) is 0 Å². The fourth-order valence-corrected chi connectivity index (χ4v) is 2.88. The number of para-hydroxylation sites is 1. The standard InChI is InChI=1S/C14H12ClNO4/c15-7-3-1-2-4-8(7)16-13(17)11-9-5-6-10(20-9)12(11)14(18)19/h1-6,9-12H,(H,16,17)(H,18,19)/t9-,10-,11+,12+/m1/s1. The number of anilines is 1. The van der Waals surface area contributed by atoms with Crippen molar-refractivity contribution in [2.24, 2.45) is 11.8 Å². The highest BCUT2D eigenvalue weighted by Gasteiger charge is 2.53. The quantitative estimate of drug-likeness (QED) is 0.835. The molecule has 4 atom stereocenters. The topological polar surface area (TPSA) is 75.6 Å². The van der Waals surface area contributed by atoms with E-state index in [0.29, 0.717) is 10.7 Å². The number of hydrogen-bond acceptors (Lipinski definition) is 3. The van der Waals surface area contributed by atoms with Crippen LogP contribution in [0.2, 0.25) is 5.02 Å². The Bertz CT molecular complexity index is 601. The minimum absolute atomic E-state index is 0.387. The van der Waals surface area contributed by atoms with Crippen molar-refractivity contribution >= 4 is 29.2 Å². The third kappa shape index (κ3) is 2.09. The first-order valence-electron chi connectivity index (χ1n) is 6.20. The fourth-order valence-electron chi connectivity index (χ4n) is 2.69. The molecule has 6 heteroatoms. The van der Waals surface area contributed by atoms with Gasteiger partial charge in [-0.15, -0.1) is 0 Å². The SMILES string of the molecule is O=C(O)[C@@H]1[C@@H](C(=O)Nc2ccccc2Cl)[C@H]2C=C[C@H]1O2. The number of halogens is 1. The van der Waals surface area contributed by atoms with E-state index in [2.05, 4.69) is 5.32 Å². The minimum atomic E-state index is -1.03. The summed E-state index contributed by atoms with van der Waals surface area (Å²) in [7, 11) is 0. The molecule has 2 N–H and O–H groups in total. The molecule has 0 saturated carbocycles. The van der Waals surface area contributed by atoms with Crippen LogP contribution in [-0.2, 0) is 14.3 Å². The summed E-state index contributed by atoms with van der Waals surface area (Å²) in [6.07, 6.45) is 2.42. The summed E-state index contributed by atoms with van der Waals surface area (Å²) >= 11 is 5.98. The first-order valence-corrected chi connectivity index (χ1v) is 6.57. The second-order valence-electron chi connectivity index (χ2n) is 4.81. The summed E-state index contributed by atoms with van der Waals surface area (Å²) < 4.78 is 5.46. The highest BCUT2D eigenvalue weighted by atomic mass is 35.5. The number of rotatable bonds is 3. The molecule has 20 heavy (non-hydrogen) atoms. The van der Waals surface area contributed by atoms with Crippen LogP contribution in [0, 0.1) is 11.8 Å². The number of benzene rings is 1. The van der Waals surface area contributed by atoms with Crippen molar-refractivity contribution in [3.8, 4) is 0 Å². The number of ether oxygens (including phenoxy) is 1. The largest absolute Gasteiger partial charge is 0.481 e. The Morgan fingerprint density at radius 1 is 1.15 bits per heavy atom. The molecule has 0 unspecified atom stereocenters. The van der Waals surface area contributed by atoms with Gasteiger partial charge >= 0.3 is 5.97 Å². The fraction of sp³-hybridized carbons (Fsp3) is 0.286. The van der Waals surface area contributed by atoms with E-state index in [9.17, 15) is 14.7 Å². The monoisotopic (exact) mass is 293 g/mol. The summed E-state index contributed by atoms with van der Waals surface area (Å²) in [4.78, 5) is 23.6. The molecule has 0 spiro atoms. The lowest BCUT2D eigenvalue weighted by atomic mass is 9.82. The summed E-state index contributed by atoms with van der Waals surface area (Å²) in [5.41, 5.74) is 0.468. The van der Waals surface area contributed by atoms with Crippen molar-refractivity contribution in [3.63, 3.8) is 0 Å². The molecule has 5 nitrogen and oxygen atoms in total. The van der Waals surface area contributed by atoms with E-state index in [1.165, 1.54) is 0 Å². The molecule has 1 saturated heterocycles. The molecule has 2 aliphatic heterocycles. The summed E-state index contributed by atoms with van der Waals surface area (Å²) in [5, 5.41) is 12.3. The van der Waals surface area contributed by atoms with Gasteiger partial charge in [0.1, 0.15) is 5.92 Å². The van der Waals surface area contributed by atoms with Gasteiger partial charge in [0.05, 0.1) is 28.8 Å². The van der Waals surface area contributed by atoms with Gasteiger partial charge in [-0.2, -0.15) is 0 Å². The lowest BCUT2D eigenvalue weighted by Crippen LogP contribution is -2.39. The van der Waals surface area contributed by atoms with Crippen molar-refractivity contribution in [1.29, 1.82) is 0 Å². The molecule has 1 aromatic carbocycles. The summed E-state index contributed by atoms with van der Waals surface area (Å²) in [6, 6.07) is 6.82. The van der Waals surface area contributed by atoms with Crippen molar-refractivity contribution in [3.05, 3.63) is 41.4 Å². The van der Waals surface area contributed by atoms with Crippen LogP contribution < -0.4 is 5.32 Å². The number of carboxylic acid groups (broad SMARTS) is 1. The van der Waals surface area contributed by atoms with E-state index in [1.807, 2.05) is 0 Å². The van der Waals surface area contributed by atoms with Crippen LogP contribution in [0.3, 0.4) is 0 Å². The molecule has 2 heterocycles. The third-order valence-corrected chi connectivity index (χ3v) is 3.95. The van der Waals surface area contributed by atoms with Gasteiger partial charge in [-0.25, -0.2) is 0 Å². The van der Waals surface area contributed by atoms with E-state index >= 15 is 0 Å². The second kappa shape index (κ2) is 4.92. The van der Waals surface area contributed by atoms with Gasteiger partial charge in [0.25, 0.3) is 0 Å². The van der Waals surface area contributed by atoms with E-state index in [1.54, 1.807) is 36.4 Å². The second-order valence-corrected chi connectivity index (χ2v) is 5.22. The number of fused-ring (bicyclic) bond motifs is 2. The molecule has 0 aromatic heterocycles. The Hall–Kier alpha value is -1.85. The van der Waals surface area contributed by atoms with E-state index in [4.69, 9.17) is 16.3 Å². The molecule has 1 aromatic rings. The van der Waals surface area contributed by atoms with Crippen molar-refractivity contribution in [1.82, 2.24) is 0 Å². The average molecular weight is 294 g/mol. The zero-order valence-electron chi connectivity index (χ0n) is 10.3. The normalized spacial score (nSPS) is 30.4. The molecule has 0 aliphatic carbocycles. The van der Waals surface area contributed by atoms with Gasteiger partial charge in [-0.05, 0) is 12.1 Å². The molecular formula is C14H12ClNO4. The van der Waals surface area contributed by atoms with Crippen molar-refractivity contribution < 1.29 is 19.4 Å². The number of aliphatic carboxylic acids is 1. The molecule has 3 rings (SSSR count). The molecule has 1 fully saturated rings. The average Bonchev–Trinajstić information content (AvgIpc) is 3.01. The first-order chi connectivity index (χ1) is 9.58. The Morgan fingerprint density at radius 3 is 2.45 bits per heavy atom. The number of nitrogens with one attached hydrogen (secondary N) is 1. The molecule has 2 bridgehead atoms. The maximum Gasteiger partial charge on any atom is 0.310 e. The van der Waals surface area contributed by atoms with Crippen LogP contribution in [0.4, 0.5) is 5.69 Å². The zero-order valence-corrected chi connectivity index (χ0v) is 11.1. The van der Waals surface area contributed by atoms with Crippen LogP contribution in [0.5, 0.6) is 0 Å². The smallest absolute Gasteiger partial charge is 0.310 e. The van der Waals surface area contributed by atoms with Crippen LogP contribution in [0.25, 0.3) is 0 Å². The maximum atomic E-state index is 12.3. The lowest BCUT2D eigenvalue weighted by molar-refractivity contribution is -0.145. The molecule has 104 valence electrons. The van der Waals surface area contributed by atoms with Gasteiger partial charge in [0.2, 0.25) is 5.91 Å². The van der Waals surface area contributed by atoms with E-state index in [0.717, 1.165) is 0 Å². The van der Waals surface area contributed by atoms with Gasteiger partial charge < -0.3 is 15.2 Å².